The highest BCUT2D eigenvalue weighted by molar-refractivity contribution is 9.11. The van der Waals surface area contributed by atoms with Gasteiger partial charge in [-0.1, -0.05) is 41.9 Å². The maximum atomic E-state index is 13.1. The summed E-state index contributed by atoms with van der Waals surface area (Å²) in [5, 5.41) is 5.01. The van der Waals surface area contributed by atoms with Gasteiger partial charge in [0.2, 0.25) is 0 Å². The van der Waals surface area contributed by atoms with Crippen molar-refractivity contribution < 1.29 is 4.74 Å². The summed E-state index contributed by atoms with van der Waals surface area (Å²) >= 11 is 10.5. The van der Waals surface area contributed by atoms with E-state index in [9.17, 15) is 4.79 Å². The summed E-state index contributed by atoms with van der Waals surface area (Å²) in [5.41, 5.74) is 1.30. The van der Waals surface area contributed by atoms with Crippen molar-refractivity contribution in [3.05, 3.63) is 78.1 Å². The van der Waals surface area contributed by atoms with Crippen LogP contribution in [-0.4, -0.2) is 22.5 Å². The second-order valence-electron chi connectivity index (χ2n) is 6.57. The third-order valence-electron chi connectivity index (χ3n) is 4.32. The molecule has 156 valence electrons. The van der Waals surface area contributed by atoms with Gasteiger partial charge in [-0.25, -0.2) is 4.98 Å². The predicted octanol–water partition coefficient (Wildman–Crippen LogP) is 6.47. The van der Waals surface area contributed by atoms with Crippen LogP contribution in [0.25, 0.3) is 10.9 Å². The Bertz CT molecular complexity index is 1150. The largest absolute Gasteiger partial charge is 0.487 e. The zero-order valence-electron chi connectivity index (χ0n) is 16.4. The number of hydrogen-bond acceptors (Lipinski definition) is 4. The van der Waals surface area contributed by atoms with Crippen molar-refractivity contribution in [1.29, 1.82) is 0 Å². The Labute approximate surface area is 200 Å². The summed E-state index contributed by atoms with van der Waals surface area (Å²) in [6, 6.07) is 9.28. The van der Waals surface area contributed by atoms with Gasteiger partial charge >= 0.3 is 0 Å². The highest BCUT2D eigenvalue weighted by Gasteiger charge is 2.12. The number of hydrogen-bond donors (Lipinski definition) is 0. The maximum absolute atomic E-state index is 13.1. The molecule has 0 radical (unpaired) electrons. The van der Waals surface area contributed by atoms with Crippen molar-refractivity contribution in [2.45, 2.75) is 26.2 Å². The van der Waals surface area contributed by atoms with Crippen molar-refractivity contribution in [2.24, 2.45) is 5.10 Å². The molecule has 0 aliphatic rings. The van der Waals surface area contributed by atoms with E-state index in [2.05, 4.69) is 66.4 Å². The predicted molar refractivity (Wildman–Crippen MR) is 133 cm³/mol. The summed E-state index contributed by atoms with van der Waals surface area (Å²) < 4.78 is 9.43. The Kier molecular flexibility index (Phi) is 8.02. The first-order chi connectivity index (χ1) is 14.4. The quantitative estimate of drug-likeness (QED) is 0.221. The molecule has 1 aromatic heterocycles. The van der Waals surface area contributed by atoms with Gasteiger partial charge in [-0.3, -0.25) is 4.79 Å². The lowest BCUT2D eigenvalue weighted by molar-refractivity contribution is 0.358. The molecule has 0 aliphatic carbocycles. The molecule has 0 amide bonds. The second-order valence-corrected chi connectivity index (χ2v) is 9.19. The second kappa shape index (κ2) is 10.5. The van der Waals surface area contributed by atoms with Gasteiger partial charge in [0.1, 0.15) is 18.2 Å². The number of nitrogens with zero attached hydrogens (tertiary/aromatic N) is 3. The number of ether oxygens (including phenoxy) is 1. The first-order valence-electron chi connectivity index (χ1n) is 9.43. The number of fused-ring (bicyclic) bond motifs is 1. The van der Waals surface area contributed by atoms with Crippen LogP contribution in [0.15, 0.2) is 66.3 Å². The summed E-state index contributed by atoms with van der Waals surface area (Å²) in [6.07, 6.45) is 5.94. The fourth-order valence-electron chi connectivity index (χ4n) is 2.87. The van der Waals surface area contributed by atoms with Gasteiger partial charge in [-0.05, 0) is 74.2 Å². The zero-order chi connectivity index (χ0) is 21.7. The van der Waals surface area contributed by atoms with Crippen molar-refractivity contribution in [3.8, 4) is 5.75 Å². The fourth-order valence-corrected chi connectivity index (χ4v) is 4.68. The third kappa shape index (κ3) is 5.28. The summed E-state index contributed by atoms with van der Waals surface area (Å²) in [5.74, 6) is 1.34. The van der Waals surface area contributed by atoms with E-state index in [1.54, 1.807) is 18.4 Å². The SMILES string of the molecule is C=CCOc1c(Br)cc(C=Nn2c(CCCC)nc3ccc(Br)cc3c2=O)cc1Br. The van der Waals surface area contributed by atoms with Crippen LogP contribution in [0.5, 0.6) is 5.75 Å². The minimum absolute atomic E-state index is 0.187. The van der Waals surface area contributed by atoms with Crippen LogP contribution in [0.3, 0.4) is 0 Å². The van der Waals surface area contributed by atoms with E-state index in [4.69, 9.17) is 9.72 Å². The van der Waals surface area contributed by atoms with Crippen LogP contribution in [-0.2, 0) is 6.42 Å². The molecule has 3 aromatic rings. The number of rotatable bonds is 8. The minimum Gasteiger partial charge on any atom is -0.487 e. The average Bonchev–Trinajstić information content (AvgIpc) is 2.71. The summed E-state index contributed by atoms with van der Waals surface area (Å²) in [4.78, 5) is 17.8. The van der Waals surface area contributed by atoms with Gasteiger partial charge in [0.15, 0.2) is 0 Å². The number of aryl methyl sites for hydroxylation is 1. The highest BCUT2D eigenvalue weighted by atomic mass is 79.9. The fraction of sp³-hybridized carbons (Fsp3) is 0.227. The van der Waals surface area contributed by atoms with E-state index in [-0.39, 0.29) is 5.56 Å². The molecule has 0 atom stereocenters. The number of benzene rings is 2. The molecule has 3 rings (SSSR count). The third-order valence-corrected chi connectivity index (χ3v) is 5.99. The van der Waals surface area contributed by atoms with Crippen LogP contribution in [0, 0.1) is 0 Å². The molecular formula is C22H20Br3N3O2. The molecule has 0 unspecified atom stereocenters. The van der Waals surface area contributed by atoms with Crippen LogP contribution in [0.2, 0.25) is 0 Å². The Morgan fingerprint density at radius 2 is 1.93 bits per heavy atom. The molecule has 8 heteroatoms. The zero-order valence-corrected chi connectivity index (χ0v) is 21.1. The first-order valence-corrected chi connectivity index (χ1v) is 11.8. The van der Waals surface area contributed by atoms with Gasteiger partial charge in [-0.2, -0.15) is 9.78 Å². The summed E-state index contributed by atoms with van der Waals surface area (Å²) in [6.45, 7) is 6.17. The molecule has 0 saturated heterocycles. The van der Waals surface area contributed by atoms with E-state index in [1.165, 1.54) is 4.68 Å². The molecule has 0 spiro atoms. The Morgan fingerprint density at radius 3 is 2.60 bits per heavy atom. The van der Waals surface area contributed by atoms with E-state index in [1.807, 2.05) is 24.3 Å². The van der Waals surface area contributed by atoms with Crippen LogP contribution < -0.4 is 10.3 Å². The van der Waals surface area contributed by atoms with E-state index < -0.39 is 0 Å². The molecule has 5 nitrogen and oxygen atoms in total. The van der Waals surface area contributed by atoms with Crippen molar-refractivity contribution in [1.82, 2.24) is 9.66 Å². The molecule has 0 saturated carbocycles. The highest BCUT2D eigenvalue weighted by Crippen LogP contribution is 2.34. The monoisotopic (exact) mass is 595 g/mol. The number of unbranched alkanes of at least 4 members (excludes halogenated alkanes) is 1. The normalized spacial score (nSPS) is 11.3. The molecular weight excluding hydrogens is 578 g/mol. The van der Waals surface area contributed by atoms with Crippen molar-refractivity contribution in [3.63, 3.8) is 0 Å². The topological polar surface area (TPSA) is 56.5 Å². The van der Waals surface area contributed by atoms with Gasteiger partial charge in [0, 0.05) is 10.9 Å². The molecule has 30 heavy (non-hydrogen) atoms. The van der Waals surface area contributed by atoms with Gasteiger partial charge in [0.05, 0.1) is 26.1 Å². The van der Waals surface area contributed by atoms with Crippen LogP contribution in [0.1, 0.15) is 31.2 Å². The smallest absolute Gasteiger partial charge is 0.282 e. The summed E-state index contributed by atoms with van der Waals surface area (Å²) in [7, 11) is 0. The Balaban J connectivity index is 2.05. The van der Waals surface area contributed by atoms with Gasteiger partial charge in [-0.15, -0.1) is 0 Å². The minimum atomic E-state index is -0.187. The lowest BCUT2D eigenvalue weighted by atomic mass is 10.2. The van der Waals surface area contributed by atoms with E-state index in [0.717, 1.165) is 31.8 Å². The number of halogens is 3. The van der Waals surface area contributed by atoms with Crippen LogP contribution in [0.4, 0.5) is 0 Å². The number of aromatic nitrogens is 2. The molecule has 0 fully saturated rings. The molecule has 1 heterocycles. The lowest BCUT2D eigenvalue weighted by Crippen LogP contribution is -2.22. The average molecular weight is 598 g/mol. The van der Waals surface area contributed by atoms with Gasteiger partial charge in [0.25, 0.3) is 5.56 Å². The van der Waals surface area contributed by atoms with Crippen molar-refractivity contribution >= 4 is 64.9 Å². The Morgan fingerprint density at radius 1 is 1.20 bits per heavy atom. The molecule has 2 aromatic carbocycles. The lowest BCUT2D eigenvalue weighted by Gasteiger charge is -2.10. The van der Waals surface area contributed by atoms with E-state index in [0.29, 0.717) is 35.5 Å². The molecule has 0 bridgehead atoms. The molecule has 0 aliphatic heterocycles. The van der Waals surface area contributed by atoms with Crippen molar-refractivity contribution in [2.75, 3.05) is 6.61 Å². The standard InChI is InChI=1S/C22H20Br3N3O2/c1-3-5-6-20-27-19-8-7-15(23)12-16(19)22(29)28(20)26-13-14-10-17(24)21(18(25)11-14)30-9-4-2/h4,7-8,10-13H,2-3,5-6,9H2,1H3. The first kappa shape index (κ1) is 22.9. The van der Waals surface area contributed by atoms with E-state index >= 15 is 0 Å². The maximum Gasteiger partial charge on any atom is 0.282 e. The Hall–Kier alpha value is -1.77. The van der Waals surface area contributed by atoms with Gasteiger partial charge < -0.3 is 4.74 Å². The van der Waals surface area contributed by atoms with Crippen LogP contribution >= 0.6 is 47.8 Å². The molecule has 0 N–H and O–H groups in total.